The molecule has 0 fully saturated rings. The Morgan fingerprint density at radius 2 is 1.71 bits per heavy atom. The fourth-order valence-corrected chi connectivity index (χ4v) is 3.14. The topological polar surface area (TPSA) is 71.9 Å². The summed E-state index contributed by atoms with van der Waals surface area (Å²) in [6.45, 7) is 8.00. The molecule has 0 aliphatic rings. The van der Waals surface area contributed by atoms with E-state index in [4.69, 9.17) is 4.74 Å². The molecule has 3 N–H and O–H groups in total. The first-order valence-electron chi connectivity index (χ1n) is 9.36. The van der Waals surface area contributed by atoms with E-state index in [0.717, 1.165) is 27.3 Å². The lowest BCUT2D eigenvalue weighted by Crippen LogP contribution is -3.14. The lowest BCUT2D eigenvalue weighted by molar-refractivity contribution is -0.885. The first-order valence-corrected chi connectivity index (χ1v) is 9.36. The SMILES string of the molecule is COc1cccc(NC(=O)C[NH+](C)[C@@H](C)C(=O)Nc2c(C)cc(C)cc2C)c1. The zero-order valence-corrected chi connectivity index (χ0v) is 17.5. The molecule has 150 valence electrons. The summed E-state index contributed by atoms with van der Waals surface area (Å²) in [4.78, 5) is 25.8. The minimum atomic E-state index is -0.379. The number of rotatable bonds is 7. The van der Waals surface area contributed by atoms with E-state index in [1.165, 1.54) is 0 Å². The van der Waals surface area contributed by atoms with Gasteiger partial charge in [0.05, 0.1) is 14.2 Å². The summed E-state index contributed by atoms with van der Waals surface area (Å²) < 4.78 is 5.16. The van der Waals surface area contributed by atoms with Crippen molar-refractivity contribution in [1.82, 2.24) is 0 Å². The van der Waals surface area contributed by atoms with Crippen molar-refractivity contribution in [3.8, 4) is 5.75 Å². The van der Waals surface area contributed by atoms with Gasteiger partial charge in [-0.05, 0) is 51.0 Å². The van der Waals surface area contributed by atoms with Crippen LogP contribution in [0.15, 0.2) is 36.4 Å². The third-order valence-corrected chi connectivity index (χ3v) is 4.85. The predicted molar refractivity (Wildman–Crippen MR) is 112 cm³/mol. The molecule has 2 amide bonds. The molecule has 1 unspecified atom stereocenters. The number of carbonyl (C=O) groups excluding carboxylic acids is 2. The maximum atomic E-state index is 12.7. The van der Waals surface area contributed by atoms with Gasteiger partial charge < -0.3 is 20.3 Å². The van der Waals surface area contributed by atoms with Crippen molar-refractivity contribution in [2.45, 2.75) is 33.7 Å². The molecule has 0 saturated heterocycles. The summed E-state index contributed by atoms with van der Waals surface area (Å²) >= 11 is 0. The maximum Gasteiger partial charge on any atom is 0.282 e. The second-order valence-corrected chi connectivity index (χ2v) is 7.29. The van der Waals surface area contributed by atoms with Crippen molar-refractivity contribution in [2.75, 3.05) is 31.3 Å². The number of quaternary nitrogens is 1. The molecule has 2 atom stereocenters. The Morgan fingerprint density at radius 1 is 1.07 bits per heavy atom. The van der Waals surface area contributed by atoms with Gasteiger partial charge in [0.1, 0.15) is 5.75 Å². The van der Waals surface area contributed by atoms with E-state index in [2.05, 4.69) is 10.6 Å². The van der Waals surface area contributed by atoms with Crippen LogP contribution < -0.4 is 20.3 Å². The molecule has 2 aromatic rings. The van der Waals surface area contributed by atoms with Gasteiger partial charge in [0.2, 0.25) is 0 Å². The zero-order chi connectivity index (χ0) is 20.8. The van der Waals surface area contributed by atoms with E-state index >= 15 is 0 Å². The van der Waals surface area contributed by atoms with Gasteiger partial charge in [-0.1, -0.05) is 23.8 Å². The highest BCUT2D eigenvalue weighted by atomic mass is 16.5. The summed E-state index contributed by atoms with van der Waals surface area (Å²) in [5.41, 5.74) is 4.74. The lowest BCUT2D eigenvalue weighted by atomic mass is 10.0. The first kappa shape index (κ1) is 21.4. The fourth-order valence-electron chi connectivity index (χ4n) is 3.14. The van der Waals surface area contributed by atoms with E-state index in [9.17, 15) is 9.59 Å². The fraction of sp³-hybridized carbons (Fsp3) is 0.364. The van der Waals surface area contributed by atoms with Crippen molar-refractivity contribution in [1.29, 1.82) is 0 Å². The second-order valence-electron chi connectivity index (χ2n) is 7.29. The predicted octanol–water partition coefficient (Wildman–Crippen LogP) is 2.10. The van der Waals surface area contributed by atoms with E-state index in [-0.39, 0.29) is 24.4 Å². The molecule has 2 aromatic carbocycles. The number of nitrogens with one attached hydrogen (secondary N) is 3. The van der Waals surface area contributed by atoms with E-state index in [0.29, 0.717) is 11.4 Å². The normalized spacial score (nSPS) is 12.8. The van der Waals surface area contributed by atoms with Crippen molar-refractivity contribution >= 4 is 23.2 Å². The highest BCUT2D eigenvalue weighted by Gasteiger charge is 2.25. The van der Waals surface area contributed by atoms with Gasteiger partial charge >= 0.3 is 0 Å². The summed E-state index contributed by atoms with van der Waals surface area (Å²) in [5, 5.41) is 5.86. The molecule has 0 spiro atoms. The Hall–Kier alpha value is -2.86. The van der Waals surface area contributed by atoms with Crippen LogP contribution in [-0.2, 0) is 9.59 Å². The van der Waals surface area contributed by atoms with Crippen LogP contribution in [0, 0.1) is 20.8 Å². The van der Waals surface area contributed by atoms with Crippen LogP contribution in [0.3, 0.4) is 0 Å². The average Bonchev–Trinajstić information content (AvgIpc) is 2.63. The quantitative estimate of drug-likeness (QED) is 0.685. The summed E-state index contributed by atoms with van der Waals surface area (Å²) in [7, 11) is 3.42. The third kappa shape index (κ3) is 5.57. The highest BCUT2D eigenvalue weighted by Crippen LogP contribution is 2.22. The minimum Gasteiger partial charge on any atom is -0.497 e. The Kier molecular flexibility index (Phi) is 7.18. The minimum absolute atomic E-state index is 0.110. The van der Waals surface area contributed by atoms with E-state index in [1.807, 2.05) is 59.0 Å². The number of carbonyl (C=O) groups is 2. The van der Waals surface area contributed by atoms with Crippen LogP contribution >= 0.6 is 0 Å². The number of benzene rings is 2. The zero-order valence-electron chi connectivity index (χ0n) is 17.5. The van der Waals surface area contributed by atoms with Crippen LogP contribution in [0.4, 0.5) is 11.4 Å². The first-order chi connectivity index (χ1) is 13.2. The summed E-state index contributed by atoms with van der Waals surface area (Å²) in [6.07, 6.45) is 0. The van der Waals surface area contributed by atoms with Crippen LogP contribution in [0.2, 0.25) is 0 Å². The van der Waals surface area contributed by atoms with Crippen molar-refractivity contribution in [3.05, 3.63) is 53.1 Å². The molecule has 6 heteroatoms. The van der Waals surface area contributed by atoms with Crippen LogP contribution in [0.25, 0.3) is 0 Å². The number of hydrogen-bond donors (Lipinski definition) is 3. The highest BCUT2D eigenvalue weighted by molar-refractivity contribution is 5.95. The van der Waals surface area contributed by atoms with Crippen LogP contribution in [0.5, 0.6) is 5.75 Å². The Balaban J connectivity index is 1.96. The summed E-state index contributed by atoms with van der Waals surface area (Å²) in [6, 6.07) is 10.9. The molecule has 2 rings (SSSR count). The number of amides is 2. The Bertz CT molecular complexity index is 841. The van der Waals surface area contributed by atoms with Gasteiger partial charge in [-0.15, -0.1) is 0 Å². The molecular formula is C22H30N3O3+. The number of likely N-dealkylation sites (N-methyl/N-ethyl adjacent to an activating group) is 1. The number of ether oxygens (including phenoxy) is 1. The number of aryl methyl sites for hydroxylation is 3. The standard InChI is InChI=1S/C22H29N3O3/c1-14-10-15(2)21(16(3)11-14)24-22(27)17(4)25(5)13-20(26)23-18-8-7-9-19(12-18)28-6/h7-12,17H,13H2,1-6H3,(H,23,26)(H,24,27)/p+1/t17-/m0/s1. The molecule has 0 bridgehead atoms. The lowest BCUT2D eigenvalue weighted by Gasteiger charge is -2.22. The number of methoxy groups -OCH3 is 1. The molecule has 0 heterocycles. The van der Waals surface area contributed by atoms with Crippen molar-refractivity contribution in [2.24, 2.45) is 0 Å². The number of anilines is 2. The third-order valence-electron chi connectivity index (χ3n) is 4.85. The molecule has 0 aromatic heterocycles. The molecule has 0 saturated carbocycles. The molecule has 28 heavy (non-hydrogen) atoms. The van der Waals surface area contributed by atoms with E-state index in [1.54, 1.807) is 19.2 Å². The van der Waals surface area contributed by atoms with E-state index < -0.39 is 0 Å². The maximum absolute atomic E-state index is 12.7. The van der Waals surface area contributed by atoms with Gasteiger partial charge in [0.25, 0.3) is 11.8 Å². The van der Waals surface area contributed by atoms with Gasteiger partial charge in [0.15, 0.2) is 12.6 Å². The monoisotopic (exact) mass is 384 g/mol. The molecule has 0 aliphatic carbocycles. The Labute approximate surface area is 166 Å². The summed E-state index contributed by atoms with van der Waals surface area (Å²) in [5.74, 6) is 0.407. The van der Waals surface area contributed by atoms with Gasteiger partial charge in [-0.2, -0.15) is 0 Å². The largest absolute Gasteiger partial charge is 0.497 e. The van der Waals surface area contributed by atoms with Gasteiger partial charge in [0, 0.05) is 17.4 Å². The smallest absolute Gasteiger partial charge is 0.282 e. The molecular weight excluding hydrogens is 354 g/mol. The average molecular weight is 385 g/mol. The molecule has 0 aliphatic heterocycles. The molecule has 6 nitrogen and oxygen atoms in total. The van der Waals surface area contributed by atoms with Gasteiger partial charge in [-0.3, -0.25) is 9.59 Å². The number of hydrogen-bond acceptors (Lipinski definition) is 3. The molecule has 0 radical (unpaired) electrons. The van der Waals surface area contributed by atoms with Gasteiger partial charge in [-0.25, -0.2) is 0 Å². The Morgan fingerprint density at radius 3 is 2.32 bits per heavy atom. The second kappa shape index (κ2) is 9.37. The van der Waals surface area contributed by atoms with Crippen LogP contribution in [-0.4, -0.2) is 38.6 Å². The van der Waals surface area contributed by atoms with Crippen molar-refractivity contribution < 1.29 is 19.2 Å². The van der Waals surface area contributed by atoms with Crippen molar-refractivity contribution in [3.63, 3.8) is 0 Å². The van der Waals surface area contributed by atoms with Crippen LogP contribution in [0.1, 0.15) is 23.6 Å².